The van der Waals surface area contributed by atoms with Gasteiger partial charge in [-0.2, -0.15) is 0 Å². The number of hydrogen-bond donors (Lipinski definition) is 3. The molecule has 1 aromatic heterocycles. The summed E-state index contributed by atoms with van der Waals surface area (Å²) in [5, 5.41) is 16.8. The summed E-state index contributed by atoms with van der Waals surface area (Å²) in [5.41, 5.74) is 2.91. The maximum absolute atomic E-state index is 13.4. The Labute approximate surface area is 205 Å². The van der Waals surface area contributed by atoms with Gasteiger partial charge in [0.15, 0.2) is 0 Å². The minimum Gasteiger partial charge on any atom is -0.487 e. The van der Waals surface area contributed by atoms with E-state index >= 15 is 0 Å². The van der Waals surface area contributed by atoms with Crippen LogP contribution in [-0.2, 0) is 11.3 Å². The first kappa shape index (κ1) is 22.8. The van der Waals surface area contributed by atoms with Crippen LogP contribution in [0, 0.1) is 5.82 Å². The third-order valence-electron chi connectivity index (χ3n) is 5.29. The molecule has 5 rings (SSSR count). The molecule has 8 nitrogen and oxygen atoms in total. The van der Waals surface area contributed by atoms with E-state index in [4.69, 9.17) is 21.1 Å². The first-order chi connectivity index (χ1) is 17.1. The quantitative estimate of drug-likeness (QED) is 0.336. The molecule has 3 aromatic carbocycles. The molecule has 0 fully saturated rings. The highest BCUT2D eigenvalue weighted by Crippen LogP contribution is 2.31. The number of fused-ring (bicyclic) bond motifs is 1. The third-order valence-corrected chi connectivity index (χ3v) is 5.58. The van der Waals surface area contributed by atoms with Gasteiger partial charge in [-0.1, -0.05) is 23.7 Å². The highest BCUT2D eigenvalue weighted by atomic mass is 35.5. The number of benzene rings is 3. The van der Waals surface area contributed by atoms with Gasteiger partial charge in [-0.25, -0.2) is 19.4 Å². The number of aliphatic hydroxyl groups is 1. The number of nitrogens with one attached hydrogen (secondary N) is 2. The van der Waals surface area contributed by atoms with Crippen molar-refractivity contribution in [1.82, 2.24) is 9.97 Å². The van der Waals surface area contributed by atoms with E-state index in [1.54, 1.807) is 24.3 Å². The van der Waals surface area contributed by atoms with E-state index in [0.29, 0.717) is 40.4 Å². The van der Waals surface area contributed by atoms with Crippen molar-refractivity contribution < 1.29 is 19.0 Å². The lowest BCUT2D eigenvalue weighted by Gasteiger charge is -2.13. The molecule has 0 radical (unpaired) electrons. The first-order valence-corrected chi connectivity index (χ1v) is 11.2. The van der Waals surface area contributed by atoms with Crippen LogP contribution in [0.4, 0.5) is 21.6 Å². The molecule has 3 N–H and O–H groups in total. The molecule has 0 aliphatic carbocycles. The Morgan fingerprint density at radius 1 is 1.06 bits per heavy atom. The van der Waals surface area contributed by atoms with Crippen molar-refractivity contribution in [1.29, 1.82) is 0 Å². The molecule has 178 valence electrons. The summed E-state index contributed by atoms with van der Waals surface area (Å²) in [5.74, 6) is 0.759. The number of anilines is 3. The highest BCUT2D eigenvalue weighted by Gasteiger charge is 2.19. The Morgan fingerprint density at radius 3 is 2.71 bits per heavy atom. The van der Waals surface area contributed by atoms with Gasteiger partial charge in [0.05, 0.1) is 23.7 Å². The molecule has 10 heteroatoms. The molecule has 0 spiro atoms. The SMILES string of the molecule is OCC1CN=C(Nc2ccc3ncnc(Nc4ccc(OCc5cccc(F)c5)c(Cl)c4)c3c2)O1. The predicted molar refractivity (Wildman–Crippen MR) is 133 cm³/mol. The largest absolute Gasteiger partial charge is 0.487 e. The normalized spacial score (nSPS) is 14.9. The van der Waals surface area contributed by atoms with E-state index in [1.165, 1.54) is 18.5 Å². The second-order valence-electron chi connectivity index (χ2n) is 7.84. The fourth-order valence-electron chi connectivity index (χ4n) is 3.56. The smallest absolute Gasteiger partial charge is 0.289 e. The zero-order valence-corrected chi connectivity index (χ0v) is 19.2. The van der Waals surface area contributed by atoms with E-state index in [1.807, 2.05) is 24.3 Å². The summed E-state index contributed by atoms with van der Waals surface area (Å²) in [7, 11) is 0. The van der Waals surface area contributed by atoms with E-state index in [2.05, 4.69) is 25.6 Å². The lowest BCUT2D eigenvalue weighted by Crippen LogP contribution is -2.21. The van der Waals surface area contributed by atoms with Crippen molar-refractivity contribution in [3.63, 3.8) is 0 Å². The Bertz CT molecular complexity index is 1400. The van der Waals surface area contributed by atoms with Crippen LogP contribution in [0.5, 0.6) is 5.75 Å². The van der Waals surface area contributed by atoms with E-state index < -0.39 is 0 Å². The molecule has 1 aliphatic heterocycles. The zero-order valence-electron chi connectivity index (χ0n) is 18.4. The molecule has 0 bridgehead atoms. The van der Waals surface area contributed by atoms with Crippen LogP contribution in [0.1, 0.15) is 5.56 Å². The number of aliphatic imine (C=N–C) groups is 1. The van der Waals surface area contributed by atoms with Crippen LogP contribution < -0.4 is 15.4 Å². The Morgan fingerprint density at radius 2 is 1.91 bits per heavy atom. The van der Waals surface area contributed by atoms with E-state index in [0.717, 1.165) is 16.6 Å². The number of rotatable bonds is 7. The molecule has 1 unspecified atom stereocenters. The number of ether oxygens (including phenoxy) is 2. The third kappa shape index (κ3) is 5.42. The molecule has 1 atom stereocenters. The summed E-state index contributed by atoms with van der Waals surface area (Å²) in [6.45, 7) is 0.515. The number of aliphatic hydroxyl groups excluding tert-OH is 1. The van der Waals surface area contributed by atoms with Gasteiger partial charge >= 0.3 is 0 Å². The fourth-order valence-corrected chi connectivity index (χ4v) is 3.79. The molecule has 35 heavy (non-hydrogen) atoms. The first-order valence-electron chi connectivity index (χ1n) is 10.8. The molecular weight excluding hydrogens is 473 g/mol. The molecule has 2 heterocycles. The van der Waals surface area contributed by atoms with Gasteiger partial charge in [0.25, 0.3) is 6.02 Å². The summed E-state index contributed by atoms with van der Waals surface area (Å²) >= 11 is 6.43. The minimum absolute atomic E-state index is 0.0918. The van der Waals surface area contributed by atoms with Crippen molar-refractivity contribution in [3.8, 4) is 5.75 Å². The fraction of sp³-hybridized carbons (Fsp3) is 0.160. The molecule has 0 saturated carbocycles. The van der Waals surface area contributed by atoms with Crippen LogP contribution in [0.25, 0.3) is 10.9 Å². The van der Waals surface area contributed by atoms with Crippen LogP contribution in [0.3, 0.4) is 0 Å². The maximum Gasteiger partial charge on any atom is 0.289 e. The van der Waals surface area contributed by atoms with Gasteiger partial charge in [0.1, 0.15) is 36.4 Å². The van der Waals surface area contributed by atoms with Crippen LogP contribution in [0.2, 0.25) is 5.02 Å². The van der Waals surface area contributed by atoms with Gasteiger partial charge in [0, 0.05) is 16.8 Å². The summed E-state index contributed by atoms with van der Waals surface area (Å²) in [6.07, 6.45) is 1.15. The molecular formula is C25H21ClFN5O3. The molecule has 4 aromatic rings. The minimum atomic E-state index is -0.330. The Balaban J connectivity index is 1.31. The standard InChI is InChI=1S/C25H21ClFN5O3/c26-21-10-18(5-7-23(21)34-13-15-2-1-3-16(27)8-15)31-24-20-9-17(4-6-22(20)29-14-30-24)32-25-28-11-19(12-33)35-25/h1-10,14,19,33H,11-13H2,(H,28,32)(H,29,30,31). The Kier molecular flexibility index (Phi) is 6.60. The monoisotopic (exact) mass is 493 g/mol. The number of hydrogen-bond acceptors (Lipinski definition) is 8. The zero-order chi connectivity index (χ0) is 24.2. The van der Waals surface area contributed by atoms with Crippen molar-refractivity contribution in [2.75, 3.05) is 23.8 Å². The topological polar surface area (TPSA) is 101 Å². The number of halogens is 2. The lowest BCUT2D eigenvalue weighted by molar-refractivity contribution is 0.129. The summed E-state index contributed by atoms with van der Waals surface area (Å²) in [4.78, 5) is 13.0. The average molecular weight is 494 g/mol. The predicted octanol–water partition coefficient (Wildman–Crippen LogP) is 4.90. The summed E-state index contributed by atoms with van der Waals surface area (Å²) in [6, 6.07) is 17.5. The molecule has 0 saturated heterocycles. The van der Waals surface area contributed by atoms with Gasteiger partial charge in [0.2, 0.25) is 0 Å². The van der Waals surface area contributed by atoms with Crippen molar-refractivity contribution in [2.45, 2.75) is 12.7 Å². The molecule has 0 amide bonds. The second-order valence-corrected chi connectivity index (χ2v) is 8.24. The maximum atomic E-state index is 13.4. The van der Waals surface area contributed by atoms with Crippen molar-refractivity contribution in [2.24, 2.45) is 4.99 Å². The van der Waals surface area contributed by atoms with Crippen LogP contribution in [-0.4, -0.2) is 40.4 Å². The van der Waals surface area contributed by atoms with Crippen molar-refractivity contribution in [3.05, 3.63) is 83.4 Å². The van der Waals surface area contributed by atoms with Crippen molar-refractivity contribution >= 4 is 45.7 Å². The summed E-state index contributed by atoms with van der Waals surface area (Å²) < 4.78 is 24.7. The second kappa shape index (κ2) is 10.1. The van der Waals surface area contributed by atoms with Gasteiger partial charge in [-0.3, -0.25) is 0 Å². The van der Waals surface area contributed by atoms with Gasteiger partial charge in [-0.05, 0) is 54.1 Å². The number of amidine groups is 1. The number of nitrogens with zero attached hydrogens (tertiary/aromatic N) is 3. The van der Waals surface area contributed by atoms with E-state index in [9.17, 15) is 9.50 Å². The Hall–Kier alpha value is -3.95. The van der Waals surface area contributed by atoms with Crippen LogP contribution >= 0.6 is 11.6 Å². The van der Waals surface area contributed by atoms with Crippen LogP contribution in [0.15, 0.2) is 72.0 Å². The molecule has 1 aliphatic rings. The highest BCUT2D eigenvalue weighted by molar-refractivity contribution is 6.32. The average Bonchev–Trinajstić information content (AvgIpc) is 3.31. The van der Waals surface area contributed by atoms with Gasteiger partial charge in [-0.15, -0.1) is 0 Å². The lowest BCUT2D eigenvalue weighted by atomic mass is 10.2. The van der Waals surface area contributed by atoms with Gasteiger partial charge < -0.3 is 25.2 Å². The van der Waals surface area contributed by atoms with E-state index in [-0.39, 0.29) is 25.1 Å². The number of aromatic nitrogens is 2.